The number of nitrogens with zero attached hydrogens (tertiary/aromatic N) is 1. The predicted molar refractivity (Wildman–Crippen MR) is 76.8 cm³/mol. The van der Waals surface area contributed by atoms with Crippen LogP contribution in [0, 0.1) is 12.7 Å². The molecule has 0 fully saturated rings. The summed E-state index contributed by atoms with van der Waals surface area (Å²) in [6.07, 6.45) is 0. The number of carbonyl (C=O) groups excluding carboxylic acids is 1. The van der Waals surface area contributed by atoms with Crippen molar-refractivity contribution in [3.8, 4) is 0 Å². The number of carbonyl (C=O) groups is 1. The van der Waals surface area contributed by atoms with E-state index in [0.29, 0.717) is 5.56 Å². The lowest BCUT2D eigenvalue weighted by Gasteiger charge is -2.25. The van der Waals surface area contributed by atoms with Gasteiger partial charge in [0.25, 0.3) is 0 Å². The molecule has 0 aliphatic rings. The number of hydrogen-bond acceptors (Lipinski definition) is 4. The van der Waals surface area contributed by atoms with Gasteiger partial charge in [-0.05, 0) is 45.4 Å². The molecule has 0 radical (unpaired) electrons. The minimum absolute atomic E-state index is 0.171. The maximum atomic E-state index is 13.6. The van der Waals surface area contributed by atoms with Crippen molar-refractivity contribution >= 4 is 16.0 Å². The fourth-order valence-electron chi connectivity index (χ4n) is 1.75. The molecule has 0 aromatic heterocycles. The van der Waals surface area contributed by atoms with E-state index in [0.717, 1.165) is 10.4 Å². The molecule has 1 aromatic rings. The third-order valence-electron chi connectivity index (χ3n) is 2.92. The van der Waals surface area contributed by atoms with Gasteiger partial charge in [0.15, 0.2) is 0 Å². The molecular formula is C14H20FNO4S. The highest BCUT2D eigenvalue weighted by Crippen LogP contribution is 2.20. The Morgan fingerprint density at radius 2 is 2.00 bits per heavy atom. The largest absolute Gasteiger partial charge is 0.465 e. The van der Waals surface area contributed by atoms with Gasteiger partial charge in [-0.15, -0.1) is 0 Å². The van der Waals surface area contributed by atoms with Crippen molar-refractivity contribution in [2.24, 2.45) is 0 Å². The Labute approximate surface area is 124 Å². The minimum atomic E-state index is -3.96. The number of halogens is 1. The Kier molecular flexibility index (Phi) is 5.86. The molecule has 0 spiro atoms. The van der Waals surface area contributed by atoms with Crippen LogP contribution >= 0.6 is 0 Å². The van der Waals surface area contributed by atoms with Gasteiger partial charge in [-0.2, -0.15) is 4.31 Å². The van der Waals surface area contributed by atoms with Crippen molar-refractivity contribution in [2.75, 3.05) is 13.2 Å². The van der Waals surface area contributed by atoms with E-state index in [2.05, 4.69) is 0 Å². The standard InChI is InChI=1S/C14H20FNO4S/c1-5-20-14(17)9-16(10(2)3)21(18,19)12-7-6-11(4)13(15)8-12/h6-8,10H,5,9H2,1-4H3. The fraction of sp³-hybridized carbons (Fsp3) is 0.500. The molecule has 1 rings (SSSR count). The smallest absolute Gasteiger partial charge is 0.321 e. The summed E-state index contributed by atoms with van der Waals surface area (Å²) in [4.78, 5) is 11.4. The zero-order valence-electron chi connectivity index (χ0n) is 12.6. The van der Waals surface area contributed by atoms with Gasteiger partial charge in [-0.3, -0.25) is 4.79 Å². The molecule has 0 aliphatic heterocycles. The number of ether oxygens (including phenoxy) is 1. The summed E-state index contributed by atoms with van der Waals surface area (Å²) < 4.78 is 44.4. The SMILES string of the molecule is CCOC(=O)CN(C(C)C)S(=O)(=O)c1ccc(C)c(F)c1. The van der Waals surface area contributed by atoms with Gasteiger partial charge >= 0.3 is 5.97 Å². The zero-order valence-corrected chi connectivity index (χ0v) is 13.4. The molecule has 0 bridgehead atoms. The predicted octanol–water partition coefficient (Wildman–Crippen LogP) is 2.10. The van der Waals surface area contributed by atoms with Gasteiger partial charge in [0.2, 0.25) is 10.0 Å². The Balaban J connectivity index is 3.15. The van der Waals surface area contributed by atoms with Crippen LogP contribution in [0.1, 0.15) is 26.3 Å². The molecule has 118 valence electrons. The third kappa shape index (κ3) is 4.25. The number of aryl methyl sites for hydroxylation is 1. The molecule has 0 saturated heterocycles. The van der Waals surface area contributed by atoms with E-state index in [-0.39, 0.29) is 11.5 Å². The topological polar surface area (TPSA) is 63.7 Å². The number of sulfonamides is 1. The van der Waals surface area contributed by atoms with Crippen LogP contribution in [-0.4, -0.2) is 37.9 Å². The van der Waals surface area contributed by atoms with Crippen LogP contribution in [0.2, 0.25) is 0 Å². The van der Waals surface area contributed by atoms with Gasteiger partial charge in [0, 0.05) is 6.04 Å². The Hall–Kier alpha value is -1.47. The lowest BCUT2D eigenvalue weighted by Crippen LogP contribution is -2.41. The molecule has 0 N–H and O–H groups in total. The summed E-state index contributed by atoms with van der Waals surface area (Å²) in [5.41, 5.74) is 0.357. The summed E-state index contributed by atoms with van der Waals surface area (Å²) >= 11 is 0. The first-order chi connectivity index (χ1) is 9.70. The monoisotopic (exact) mass is 317 g/mol. The first kappa shape index (κ1) is 17.6. The van der Waals surface area contributed by atoms with Crippen molar-refractivity contribution in [1.82, 2.24) is 4.31 Å². The van der Waals surface area contributed by atoms with Crippen molar-refractivity contribution in [3.63, 3.8) is 0 Å². The second-order valence-electron chi connectivity index (χ2n) is 4.86. The van der Waals surface area contributed by atoms with Crippen LogP contribution in [-0.2, 0) is 19.6 Å². The molecule has 5 nitrogen and oxygen atoms in total. The lowest BCUT2D eigenvalue weighted by atomic mass is 10.2. The zero-order chi connectivity index (χ0) is 16.2. The van der Waals surface area contributed by atoms with Crippen LogP contribution in [0.25, 0.3) is 0 Å². The number of hydrogen-bond donors (Lipinski definition) is 0. The molecule has 0 saturated carbocycles. The minimum Gasteiger partial charge on any atom is -0.465 e. The lowest BCUT2D eigenvalue weighted by molar-refractivity contribution is -0.143. The van der Waals surface area contributed by atoms with E-state index < -0.39 is 34.4 Å². The highest BCUT2D eigenvalue weighted by Gasteiger charge is 2.30. The summed E-state index contributed by atoms with van der Waals surface area (Å²) in [6.45, 7) is 6.24. The Morgan fingerprint density at radius 3 is 2.48 bits per heavy atom. The summed E-state index contributed by atoms with van der Waals surface area (Å²) in [5, 5.41) is 0. The van der Waals surface area contributed by atoms with Crippen molar-refractivity contribution in [3.05, 3.63) is 29.6 Å². The molecule has 0 aliphatic carbocycles. The van der Waals surface area contributed by atoms with Gasteiger partial charge in [0.1, 0.15) is 12.4 Å². The molecule has 21 heavy (non-hydrogen) atoms. The van der Waals surface area contributed by atoms with Crippen molar-refractivity contribution in [2.45, 2.75) is 38.6 Å². The van der Waals surface area contributed by atoms with E-state index in [9.17, 15) is 17.6 Å². The number of rotatable bonds is 6. The van der Waals surface area contributed by atoms with Gasteiger partial charge in [0.05, 0.1) is 11.5 Å². The number of benzene rings is 1. The average Bonchev–Trinajstić information content (AvgIpc) is 2.38. The quantitative estimate of drug-likeness (QED) is 0.754. The first-order valence-corrected chi connectivity index (χ1v) is 8.07. The molecule has 0 atom stereocenters. The second-order valence-corrected chi connectivity index (χ2v) is 6.75. The van der Waals surface area contributed by atoms with E-state index in [1.807, 2.05) is 0 Å². The average molecular weight is 317 g/mol. The summed E-state index contributed by atoms with van der Waals surface area (Å²) in [5.74, 6) is -1.24. The van der Waals surface area contributed by atoms with Crippen LogP contribution in [0.15, 0.2) is 23.1 Å². The van der Waals surface area contributed by atoms with E-state index in [1.54, 1.807) is 27.7 Å². The molecular weight excluding hydrogens is 297 g/mol. The molecule has 0 amide bonds. The summed E-state index contributed by atoms with van der Waals surface area (Å²) in [7, 11) is -3.96. The second kappa shape index (κ2) is 7.00. The van der Waals surface area contributed by atoms with E-state index in [1.165, 1.54) is 12.1 Å². The van der Waals surface area contributed by atoms with Crippen molar-refractivity contribution < 1.29 is 22.3 Å². The maximum Gasteiger partial charge on any atom is 0.321 e. The molecule has 0 heterocycles. The van der Waals surface area contributed by atoms with E-state index in [4.69, 9.17) is 4.74 Å². The van der Waals surface area contributed by atoms with Gasteiger partial charge in [-0.25, -0.2) is 12.8 Å². The Bertz CT molecular complexity index is 613. The highest BCUT2D eigenvalue weighted by atomic mass is 32.2. The van der Waals surface area contributed by atoms with Crippen LogP contribution in [0.5, 0.6) is 0 Å². The molecule has 0 unspecified atom stereocenters. The maximum absolute atomic E-state index is 13.6. The van der Waals surface area contributed by atoms with Gasteiger partial charge < -0.3 is 4.74 Å². The number of esters is 1. The highest BCUT2D eigenvalue weighted by molar-refractivity contribution is 7.89. The fourth-order valence-corrected chi connectivity index (χ4v) is 3.34. The van der Waals surface area contributed by atoms with Gasteiger partial charge in [-0.1, -0.05) is 6.07 Å². The van der Waals surface area contributed by atoms with Crippen LogP contribution in [0.3, 0.4) is 0 Å². The molecule has 7 heteroatoms. The first-order valence-electron chi connectivity index (χ1n) is 6.63. The Morgan fingerprint density at radius 1 is 1.38 bits per heavy atom. The van der Waals surface area contributed by atoms with E-state index >= 15 is 0 Å². The van der Waals surface area contributed by atoms with Crippen molar-refractivity contribution in [1.29, 1.82) is 0 Å². The van der Waals surface area contributed by atoms with Crippen LogP contribution < -0.4 is 0 Å². The third-order valence-corrected chi connectivity index (χ3v) is 4.93. The molecule has 1 aromatic carbocycles. The van der Waals surface area contributed by atoms with Crippen LogP contribution in [0.4, 0.5) is 4.39 Å². The summed E-state index contributed by atoms with van der Waals surface area (Å²) in [6, 6.07) is 3.23. The normalized spacial score (nSPS) is 12.0.